The van der Waals surface area contributed by atoms with Crippen LogP contribution in [0.2, 0.25) is 0 Å². The van der Waals surface area contributed by atoms with E-state index in [4.69, 9.17) is 4.74 Å². The van der Waals surface area contributed by atoms with Crippen molar-refractivity contribution in [1.82, 2.24) is 0 Å². The molecule has 0 bridgehead atoms. The minimum Gasteiger partial charge on any atom is -0.423 e. The Balaban J connectivity index is 1.88. The molecular weight excluding hydrogens is 350 g/mol. The van der Waals surface area contributed by atoms with Crippen molar-refractivity contribution in [3.05, 3.63) is 84.9 Å². The summed E-state index contributed by atoms with van der Waals surface area (Å²) < 4.78 is 5.12. The number of esters is 1. The zero-order chi connectivity index (χ0) is 20.1. The molecule has 4 nitrogen and oxygen atoms in total. The molecule has 1 N–H and O–H groups in total. The second-order valence-corrected chi connectivity index (χ2v) is 6.45. The van der Waals surface area contributed by atoms with Crippen molar-refractivity contribution < 1.29 is 14.7 Å². The molecule has 0 saturated heterocycles. The Morgan fingerprint density at radius 1 is 1.00 bits per heavy atom. The fourth-order valence-electron chi connectivity index (χ4n) is 3.08. The molecule has 0 aliphatic carbocycles. The second-order valence-electron chi connectivity index (χ2n) is 6.45. The van der Waals surface area contributed by atoms with Gasteiger partial charge in [-0.15, -0.1) is 0 Å². The van der Waals surface area contributed by atoms with Crippen LogP contribution in [0.15, 0.2) is 79.4 Å². The van der Waals surface area contributed by atoms with E-state index < -0.39 is 5.97 Å². The first-order valence-electron chi connectivity index (χ1n) is 9.12. The SMILES string of the molecule is C=CC(=O)Oc1ccc(-c2ccc(-c3ccc(N(C)O)cc3)c(CC)c2)cc1. The Labute approximate surface area is 165 Å². The fraction of sp³-hybridized carbons (Fsp3) is 0.125. The number of nitrogens with zero attached hydrogens (tertiary/aromatic N) is 1. The summed E-state index contributed by atoms with van der Waals surface area (Å²) >= 11 is 0. The van der Waals surface area contributed by atoms with Crippen LogP contribution in [-0.2, 0) is 11.2 Å². The number of hydroxylamine groups is 1. The standard InChI is InChI=1S/C24H23NO3/c1-4-17-16-20(18-8-13-22(14-9-18)28-24(26)5-2)10-15-23(17)19-6-11-21(12-7-19)25(3)27/h5-16,27H,2,4H2,1,3H3. The Kier molecular flexibility index (Phi) is 5.92. The number of benzene rings is 3. The molecule has 0 aromatic heterocycles. The average Bonchev–Trinajstić information content (AvgIpc) is 2.73. The molecule has 3 aromatic rings. The Morgan fingerprint density at radius 3 is 2.18 bits per heavy atom. The van der Waals surface area contributed by atoms with Gasteiger partial charge in [0.15, 0.2) is 0 Å². The van der Waals surface area contributed by atoms with Gasteiger partial charge < -0.3 is 4.74 Å². The molecule has 4 heteroatoms. The van der Waals surface area contributed by atoms with Gasteiger partial charge in [-0.25, -0.2) is 4.79 Å². The molecule has 0 fully saturated rings. The van der Waals surface area contributed by atoms with Crippen molar-refractivity contribution in [3.63, 3.8) is 0 Å². The van der Waals surface area contributed by atoms with E-state index in [1.807, 2.05) is 36.4 Å². The van der Waals surface area contributed by atoms with E-state index in [9.17, 15) is 10.0 Å². The number of aryl methyl sites for hydroxylation is 1. The Morgan fingerprint density at radius 2 is 1.61 bits per heavy atom. The van der Waals surface area contributed by atoms with Crippen LogP contribution in [-0.4, -0.2) is 18.2 Å². The van der Waals surface area contributed by atoms with E-state index in [-0.39, 0.29) is 0 Å². The minimum atomic E-state index is -0.469. The van der Waals surface area contributed by atoms with Crippen molar-refractivity contribution in [2.24, 2.45) is 0 Å². The molecule has 3 aromatic carbocycles. The van der Waals surface area contributed by atoms with Gasteiger partial charge in [-0.3, -0.25) is 10.3 Å². The highest BCUT2D eigenvalue weighted by atomic mass is 16.5. The normalized spacial score (nSPS) is 10.4. The summed E-state index contributed by atoms with van der Waals surface area (Å²) in [4.78, 5) is 11.3. The molecule has 28 heavy (non-hydrogen) atoms. The van der Waals surface area contributed by atoms with Gasteiger partial charge in [0.1, 0.15) is 5.75 Å². The molecule has 0 spiro atoms. The Hall–Kier alpha value is -3.37. The molecule has 142 valence electrons. The van der Waals surface area contributed by atoms with Crippen LogP contribution in [0.4, 0.5) is 5.69 Å². The lowest BCUT2D eigenvalue weighted by molar-refractivity contribution is -0.128. The topological polar surface area (TPSA) is 49.8 Å². The molecule has 0 aliphatic heterocycles. The second kappa shape index (κ2) is 8.55. The smallest absolute Gasteiger partial charge is 0.335 e. The largest absolute Gasteiger partial charge is 0.423 e. The summed E-state index contributed by atoms with van der Waals surface area (Å²) in [6.07, 6.45) is 2.05. The van der Waals surface area contributed by atoms with Gasteiger partial charge in [-0.05, 0) is 58.5 Å². The lowest BCUT2D eigenvalue weighted by atomic mass is 9.93. The highest BCUT2D eigenvalue weighted by Gasteiger charge is 2.08. The molecule has 0 aliphatic rings. The van der Waals surface area contributed by atoms with Crippen LogP contribution in [0, 0.1) is 0 Å². The van der Waals surface area contributed by atoms with E-state index in [2.05, 4.69) is 31.7 Å². The lowest BCUT2D eigenvalue weighted by Crippen LogP contribution is -2.09. The van der Waals surface area contributed by atoms with E-state index >= 15 is 0 Å². The fourth-order valence-corrected chi connectivity index (χ4v) is 3.08. The molecule has 0 saturated carbocycles. The zero-order valence-corrected chi connectivity index (χ0v) is 16.1. The predicted molar refractivity (Wildman–Crippen MR) is 113 cm³/mol. The van der Waals surface area contributed by atoms with Crippen LogP contribution in [0.3, 0.4) is 0 Å². The number of hydrogen-bond donors (Lipinski definition) is 1. The number of hydrogen-bond acceptors (Lipinski definition) is 4. The molecule has 0 radical (unpaired) electrons. The maximum Gasteiger partial charge on any atom is 0.335 e. The van der Waals surface area contributed by atoms with Crippen molar-refractivity contribution >= 4 is 11.7 Å². The first-order chi connectivity index (χ1) is 13.5. The third kappa shape index (κ3) is 4.30. The van der Waals surface area contributed by atoms with Gasteiger partial charge in [-0.1, -0.05) is 56.0 Å². The van der Waals surface area contributed by atoms with Crippen molar-refractivity contribution in [2.75, 3.05) is 12.1 Å². The molecule has 0 amide bonds. The predicted octanol–water partition coefficient (Wildman–Crippen LogP) is 5.50. The molecule has 3 rings (SSSR count). The van der Waals surface area contributed by atoms with Gasteiger partial charge in [0, 0.05) is 13.1 Å². The number of rotatable bonds is 6. The molecule has 0 atom stereocenters. The van der Waals surface area contributed by atoms with Crippen molar-refractivity contribution in [1.29, 1.82) is 0 Å². The molecule has 0 unspecified atom stereocenters. The van der Waals surface area contributed by atoms with E-state index in [0.717, 1.165) is 39.9 Å². The third-order valence-electron chi connectivity index (χ3n) is 4.61. The maximum atomic E-state index is 11.3. The summed E-state index contributed by atoms with van der Waals surface area (Å²) in [5.41, 5.74) is 6.43. The van der Waals surface area contributed by atoms with Gasteiger partial charge >= 0.3 is 5.97 Å². The number of carbonyl (C=O) groups excluding carboxylic acids is 1. The van der Waals surface area contributed by atoms with E-state index in [1.54, 1.807) is 19.2 Å². The zero-order valence-electron chi connectivity index (χ0n) is 16.1. The number of ether oxygens (including phenoxy) is 1. The van der Waals surface area contributed by atoms with E-state index in [0.29, 0.717) is 5.75 Å². The number of carbonyl (C=O) groups is 1. The summed E-state index contributed by atoms with van der Waals surface area (Å²) in [6, 6.07) is 21.6. The van der Waals surface area contributed by atoms with Gasteiger partial charge in [0.25, 0.3) is 0 Å². The Bertz CT molecular complexity index is 974. The quantitative estimate of drug-likeness (QED) is 0.268. The molecular formula is C24H23NO3. The number of anilines is 1. The summed E-state index contributed by atoms with van der Waals surface area (Å²) in [7, 11) is 1.60. The monoisotopic (exact) mass is 373 g/mol. The van der Waals surface area contributed by atoms with Crippen LogP contribution in [0.25, 0.3) is 22.3 Å². The first kappa shape index (κ1) is 19.4. The van der Waals surface area contributed by atoms with Gasteiger partial charge in [0.2, 0.25) is 0 Å². The highest BCUT2D eigenvalue weighted by molar-refractivity contribution is 5.83. The third-order valence-corrected chi connectivity index (χ3v) is 4.61. The van der Waals surface area contributed by atoms with Crippen LogP contribution >= 0.6 is 0 Å². The lowest BCUT2D eigenvalue weighted by Gasteiger charge is -2.14. The molecule has 0 heterocycles. The van der Waals surface area contributed by atoms with Crippen molar-refractivity contribution in [3.8, 4) is 28.0 Å². The van der Waals surface area contributed by atoms with Crippen LogP contribution < -0.4 is 9.80 Å². The minimum absolute atomic E-state index is 0.469. The highest BCUT2D eigenvalue weighted by Crippen LogP contribution is 2.31. The average molecular weight is 373 g/mol. The van der Waals surface area contributed by atoms with Gasteiger partial charge in [-0.2, -0.15) is 0 Å². The van der Waals surface area contributed by atoms with Crippen molar-refractivity contribution in [2.45, 2.75) is 13.3 Å². The summed E-state index contributed by atoms with van der Waals surface area (Å²) in [6.45, 7) is 5.53. The maximum absolute atomic E-state index is 11.3. The first-order valence-corrected chi connectivity index (χ1v) is 9.12. The van der Waals surface area contributed by atoms with Crippen LogP contribution in [0.5, 0.6) is 5.75 Å². The van der Waals surface area contributed by atoms with Gasteiger partial charge in [0.05, 0.1) is 5.69 Å². The summed E-state index contributed by atoms with van der Waals surface area (Å²) in [5, 5.41) is 10.6. The summed E-state index contributed by atoms with van der Waals surface area (Å²) in [5.74, 6) is 0.0266. The van der Waals surface area contributed by atoms with E-state index in [1.165, 1.54) is 11.1 Å². The van der Waals surface area contributed by atoms with Crippen LogP contribution in [0.1, 0.15) is 12.5 Å².